The first-order chi connectivity index (χ1) is 14.2. The Morgan fingerprint density at radius 2 is 1.63 bits per heavy atom. The lowest BCUT2D eigenvalue weighted by Crippen LogP contribution is -2.48. The number of rotatable bonds is 6. The summed E-state index contributed by atoms with van der Waals surface area (Å²) in [6.07, 6.45) is 0.455. The lowest BCUT2D eigenvalue weighted by atomic mass is 10.0. The molecule has 1 heterocycles. The molecule has 1 aliphatic rings. The molecule has 1 amide bonds. The molecule has 2 aromatic carbocycles. The molecule has 1 aliphatic heterocycles. The quantitative estimate of drug-likeness (QED) is 0.759. The van der Waals surface area contributed by atoms with Crippen LogP contribution >= 0.6 is 0 Å². The average Bonchev–Trinajstić information content (AvgIpc) is 2.72. The highest BCUT2D eigenvalue weighted by atomic mass is 32.2. The summed E-state index contributed by atoms with van der Waals surface area (Å²) in [7, 11) is -3.62. The Kier molecular flexibility index (Phi) is 6.95. The molecular weight excluding hydrogens is 400 g/mol. The molecular formula is C23H30N2O4S. The fourth-order valence-corrected chi connectivity index (χ4v) is 5.31. The number of carbonyl (C=O) groups excluding carboxylic acids is 1. The molecule has 3 atom stereocenters. The van der Waals surface area contributed by atoms with Crippen molar-refractivity contribution in [3.63, 3.8) is 0 Å². The van der Waals surface area contributed by atoms with Gasteiger partial charge in [-0.25, -0.2) is 8.42 Å². The Labute approximate surface area is 179 Å². The van der Waals surface area contributed by atoms with Crippen LogP contribution in [0.5, 0.6) is 0 Å². The van der Waals surface area contributed by atoms with Gasteiger partial charge in [0, 0.05) is 18.7 Å². The topological polar surface area (TPSA) is 75.7 Å². The van der Waals surface area contributed by atoms with Gasteiger partial charge in [0.25, 0.3) is 5.91 Å². The summed E-state index contributed by atoms with van der Waals surface area (Å²) in [4.78, 5) is 12.9. The average molecular weight is 431 g/mol. The predicted octanol–water partition coefficient (Wildman–Crippen LogP) is 3.67. The lowest BCUT2D eigenvalue weighted by Gasteiger charge is -2.34. The first kappa shape index (κ1) is 22.5. The molecule has 0 spiro atoms. The van der Waals surface area contributed by atoms with E-state index < -0.39 is 10.0 Å². The van der Waals surface area contributed by atoms with Gasteiger partial charge in [0.05, 0.1) is 23.1 Å². The van der Waals surface area contributed by atoms with Crippen LogP contribution in [-0.2, 0) is 14.8 Å². The van der Waals surface area contributed by atoms with Crippen LogP contribution in [0, 0.1) is 6.92 Å². The number of hydrogen-bond acceptors (Lipinski definition) is 4. The first-order valence-corrected chi connectivity index (χ1v) is 11.8. The molecule has 1 N–H and O–H groups in total. The van der Waals surface area contributed by atoms with Crippen LogP contribution in [0.2, 0.25) is 0 Å². The van der Waals surface area contributed by atoms with Crippen molar-refractivity contribution in [2.75, 3.05) is 13.1 Å². The van der Waals surface area contributed by atoms with Crippen LogP contribution in [0.1, 0.15) is 54.7 Å². The summed E-state index contributed by atoms with van der Waals surface area (Å²) in [5.74, 6) is -0.222. The maximum Gasteiger partial charge on any atom is 0.251 e. The van der Waals surface area contributed by atoms with E-state index >= 15 is 0 Å². The zero-order chi connectivity index (χ0) is 21.9. The molecule has 30 heavy (non-hydrogen) atoms. The van der Waals surface area contributed by atoms with Crippen molar-refractivity contribution in [3.05, 3.63) is 65.2 Å². The number of nitrogens with zero attached hydrogens (tertiary/aromatic N) is 1. The van der Waals surface area contributed by atoms with E-state index in [0.717, 1.165) is 12.0 Å². The third kappa shape index (κ3) is 5.09. The van der Waals surface area contributed by atoms with Crippen LogP contribution in [0.15, 0.2) is 53.4 Å². The largest absolute Gasteiger partial charge is 0.373 e. The monoisotopic (exact) mass is 430 g/mol. The summed E-state index contributed by atoms with van der Waals surface area (Å²) < 4.78 is 33.0. The van der Waals surface area contributed by atoms with Crippen LogP contribution < -0.4 is 5.32 Å². The van der Waals surface area contributed by atoms with E-state index in [0.29, 0.717) is 18.7 Å². The van der Waals surface area contributed by atoms with Gasteiger partial charge in [0.15, 0.2) is 0 Å². The first-order valence-electron chi connectivity index (χ1n) is 10.3. The Hall–Kier alpha value is -2.22. The Bertz CT molecular complexity index is 961. The fraction of sp³-hybridized carbons (Fsp3) is 0.435. The molecule has 162 valence electrons. The highest BCUT2D eigenvalue weighted by Crippen LogP contribution is 2.22. The number of amides is 1. The van der Waals surface area contributed by atoms with Crippen LogP contribution in [0.4, 0.5) is 0 Å². The van der Waals surface area contributed by atoms with Crippen molar-refractivity contribution in [2.45, 2.75) is 57.3 Å². The van der Waals surface area contributed by atoms with Crippen molar-refractivity contribution in [1.29, 1.82) is 0 Å². The van der Waals surface area contributed by atoms with E-state index in [1.807, 2.05) is 52.0 Å². The highest BCUT2D eigenvalue weighted by Gasteiger charge is 2.32. The third-order valence-electron chi connectivity index (χ3n) is 5.33. The highest BCUT2D eigenvalue weighted by molar-refractivity contribution is 7.89. The minimum atomic E-state index is -3.62. The molecule has 1 saturated heterocycles. The second kappa shape index (κ2) is 9.29. The van der Waals surface area contributed by atoms with Crippen molar-refractivity contribution in [2.24, 2.45) is 0 Å². The van der Waals surface area contributed by atoms with Crippen molar-refractivity contribution in [1.82, 2.24) is 9.62 Å². The molecule has 7 heteroatoms. The lowest BCUT2D eigenvalue weighted by molar-refractivity contribution is -0.0440. The van der Waals surface area contributed by atoms with Gasteiger partial charge >= 0.3 is 0 Å². The second-order valence-corrected chi connectivity index (χ2v) is 9.89. The number of morpholine rings is 1. The van der Waals surface area contributed by atoms with E-state index in [2.05, 4.69) is 5.32 Å². The summed E-state index contributed by atoms with van der Waals surface area (Å²) in [5, 5.41) is 3.04. The Morgan fingerprint density at radius 3 is 2.17 bits per heavy atom. The van der Waals surface area contributed by atoms with E-state index in [1.165, 1.54) is 22.0 Å². The van der Waals surface area contributed by atoms with Crippen molar-refractivity contribution in [3.8, 4) is 0 Å². The number of nitrogens with one attached hydrogen (secondary N) is 1. The van der Waals surface area contributed by atoms with E-state index in [1.54, 1.807) is 12.1 Å². The van der Waals surface area contributed by atoms with E-state index in [-0.39, 0.29) is 29.1 Å². The minimum absolute atomic E-state index is 0.0992. The molecule has 3 unspecified atom stereocenters. The molecule has 1 fully saturated rings. The van der Waals surface area contributed by atoms with Gasteiger partial charge in [-0.15, -0.1) is 0 Å². The van der Waals surface area contributed by atoms with Gasteiger partial charge in [-0.1, -0.05) is 36.8 Å². The number of sulfonamides is 1. The van der Waals surface area contributed by atoms with E-state index in [9.17, 15) is 13.2 Å². The Morgan fingerprint density at radius 1 is 1.07 bits per heavy atom. The molecule has 0 saturated carbocycles. The smallest absolute Gasteiger partial charge is 0.251 e. The Balaban J connectivity index is 1.72. The SMILES string of the molecule is CCC(NC(=O)c1ccc(S(=O)(=O)N2CC(C)OC(C)C2)cc1)c1ccc(C)cc1. The zero-order valence-electron chi connectivity index (χ0n) is 18.0. The minimum Gasteiger partial charge on any atom is -0.373 e. The maximum atomic E-state index is 13.0. The summed E-state index contributed by atoms with van der Waals surface area (Å²) in [5.41, 5.74) is 2.65. The number of aryl methyl sites for hydroxylation is 1. The molecule has 0 aliphatic carbocycles. The normalized spacial score (nSPS) is 21.2. The van der Waals surface area contributed by atoms with Gasteiger partial charge < -0.3 is 10.1 Å². The summed E-state index contributed by atoms with van der Waals surface area (Å²) in [6, 6.07) is 14.1. The van der Waals surface area contributed by atoms with Crippen LogP contribution in [-0.4, -0.2) is 43.9 Å². The van der Waals surface area contributed by atoms with Gasteiger partial charge in [-0.3, -0.25) is 4.79 Å². The number of hydrogen-bond donors (Lipinski definition) is 1. The number of benzene rings is 2. The van der Waals surface area contributed by atoms with Gasteiger partial charge in [-0.2, -0.15) is 4.31 Å². The number of ether oxygens (including phenoxy) is 1. The van der Waals surface area contributed by atoms with Gasteiger partial charge in [-0.05, 0) is 57.0 Å². The zero-order valence-corrected chi connectivity index (χ0v) is 18.8. The van der Waals surface area contributed by atoms with Gasteiger partial charge in [0.2, 0.25) is 10.0 Å². The third-order valence-corrected chi connectivity index (χ3v) is 7.18. The van der Waals surface area contributed by atoms with Crippen LogP contribution in [0.3, 0.4) is 0 Å². The maximum absolute atomic E-state index is 13.0. The number of carbonyl (C=O) groups is 1. The van der Waals surface area contributed by atoms with Crippen molar-refractivity contribution >= 4 is 15.9 Å². The molecule has 3 rings (SSSR count). The molecule has 0 radical (unpaired) electrons. The van der Waals surface area contributed by atoms with E-state index in [4.69, 9.17) is 4.74 Å². The van der Waals surface area contributed by atoms with Crippen molar-refractivity contribution < 1.29 is 17.9 Å². The molecule has 2 aromatic rings. The molecule has 6 nitrogen and oxygen atoms in total. The molecule has 0 bridgehead atoms. The van der Waals surface area contributed by atoms with Crippen LogP contribution in [0.25, 0.3) is 0 Å². The summed E-state index contributed by atoms with van der Waals surface area (Å²) >= 11 is 0. The van der Waals surface area contributed by atoms with Gasteiger partial charge in [0.1, 0.15) is 0 Å². The summed E-state index contributed by atoms with van der Waals surface area (Å²) in [6.45, 7) is 8.42. The molecule has 0 aromatic heterocycles. The second-order valence-electron chi connectivity index (χ2n) is 7.95. The fourth-order valence-electron chi connectivity index (χ4n) is 3.72. The predicted molar refractivity (Wildman–Crippen MR) is 117 cm³/mol. The standard InChI is InChI=1S/C23H30N2O4S/c1-5-22(19-8-6-16(2)7-9-19)24-23(26)20-10-12-21(13-11-20)30(27,28)25-14-17(3)29-18(4)15-25/h6-13,17-18,22H,5,14-15H2,1-4H3,(H,24,26).